The fourth-order valence-corrected chi connectivity index (χ4v) is 2.67. The minimum Gasteiger partial charge on any atom is -0.492 e. The van der Waals surface area contributed by atoms with E-state index in [4.69, 9.17) is 9.15 Å². The summed E-state index contributed by atoms with van der Waals surface area (Å²) in [7, 11) is 1.94. The first-order valence-electron chi connectivity index (χ1n) is 7.39. The second kappa shape index (κ2) is 5.14. The van der Waals surface area contributed by atoms with E-state index in [1.54, 1.807) is 0 Å². The fraction of sp³-hybridized carbons (Fsp3) is 0.375. The zero-order chi connectivity index (χ0) is 15.1. The van der Waals surface area contributed by atoms with Crippen molar-refractivity contribution in [3.8, 4) is 5.75 Å². The molecule has 0 bridgehead atoms. The van der Waals surface area contributed by atoms with Gasteiger partial charge in [-0.3, -0.25) is 9.58 Å². The normalized spacial score (nSPS) is 20.5. The van der Waals surface area contributed by atoms with Crippen molar-refractivity contribution in [1.29, 1.82) is 0 Å². The lowest BCUT2D eigenvalue weighted by atomic mass is 10.3. The molecule has 0 N–H and O–H groups in total. The lowest BCUT2D eigenvalue weighted by Crippen LogP contribution is -2.10. The topological polar surface area (TPSA) is 56.1 Å². The van der Waals surface area contributed by atoms with E-state index in [0.717, 1.165) is 29.9 Å². The van der Waals surface area contributed by atoms with Crippen LogP contribution in [0.15, 0.2) is 35.0 Å². The molecule has 1 aliphatic rings. The molecule has 0 radical (unpaired) electrons. The molecular weight excluding hydrogens is 280 g/mol. The van der Waals surface area contributed by atoms with Crippen LogP contribution < -0.4 is 4.74 Å². The fourth-order valence-electron chi connectivity index (χ4n) is 2.67. The van der Waals surface area contributed by atoms with Crippen molar-refractivity contribution in [2.75, 3.05) is 13.2 Å². The predicted molar refractivity (Wildman–Crippen MR) is 81.6 cm³/mol. The maximum absolute atomic E-state index is 5.88. The Kier molecular flexibility index (Phi) is 3.11. The van der Waals surface area contributed by atoms with Gasteiger partial charge in [-0.15, -0.1) is 0 Å². The van der Waals surface area contributed by atoms with Crippen LogP contribution in [-0.2, 0) is 13.6 Å². The summed E-state index contributed by atoms with van der Waals surface area (Å²) in [5.74, 6) is 1.52. The standard InChI is InChI=1S/C16H18N4O2/c1-11-18-15-5-14(3-4-16(15)22-11)21-10-13-9-20(13)8-12-6-17-19(2)7-12/h3-7,13H,8-10H2,1-2H3. The zero-order valence-electron chi connectivity index (χ0n) is 12.7. The molecule has 2 aromatic heterocycles. The van der Waals surface area contributed by atoms with Crippen molar-refractivity contribution in [2.24, 2.45) is 7.05 Å². The molecule has 0 saturated carbocycles. The number of nitrogens with zero attached hydrogens (tertiary/aromatic N) is 4. The first-order chi connectivity index (χ1) is 10.7. The van der Waals surface area contributed by atoms with Crippen molar-refractivity contribution >= 4 is 11.1 Å². The average molecular weight is 298 g/mol. The minimum absolute atomic E-state index is 0.481. The largest absolute Gasteiger partial charge is 0.492 e. The molecule has 2 unspecified atom stereocenters. The Hall–Kier alpha value is -2.34. The highest BCUT2D eigenvalue weighted by Gasteiger charge is 2.34. The second-order valence-electron chi connectivity index (χ2n) is 5.78. The molecule has 0 aliphatic carbocycles. The van der Waals surface area contributed by atoms with Crippen LogP contribution in [0.3, 0.4) is 0 Å². The molecule has 6 heteroatoms. The maximum Gasteiger partial charge on any atom is 0.192 e. The van der Waals surface area contributed by atoms with Crippen LogP contribution in [0.2, 0.25) is 0 Å². The van der Waals surface area contributed by atoms with Crippen molar-refractivity contribution in [3.05, 3.63) is 42.0 Å². The van der Waals surface area contributed by atoms with Crippen LogP contribution in [-0.4, -0.2) is 38.9 Å². The molecule has 0 amide bonds. The van der Waals surface area contributed by atoms with Gasteiger partial charge in [0, 0.05) is 44.9 Å². The van der Waals surface area contributed by atoms with E-state index in [2.05, 4.69) is 21.2 Å². The Labute approximate surface area is 128 Å². The third-order valence-corrected chi connectivity index (χ3v) is 3.88. The third-order valence-electron chi connectivity index (χ3n) is 3.88. The first kappa shape index (κ1) is 13.3. The number of aromatic nitrogens is 3. The zero-order valence-corrected chi connectivity index (χ0v) is 12.7. The van der Waals surface area contributed by atoms with E-state index in [1.807, 2.05) is 43.0 Å². The maximum atomic E-state index is 5.88. The molecule has 1 fully saturated rings. The molecule has 2 atom stereocenters. The molecule has 4 rings (SSSR count). The number of fused-ring (bicyclic) bond motifs is 1. The van der Waals surface area contributed by atoms with Gasteiger partial charge in [-0.05, 0) is 12.1 Å². The summed E-state index contributed by atoms with van der Waals surface area (Å²) in [5, 5.41) is 4.19. The van der Waals surface area contributed by atoms with Gasteiger partial charge in [0.1, 0.15) is 17.9 Å². The number of oxazole rings is 1. The van der Waals surface area contributed by atoms with Gasteiger partial charge in [-0.2, -0.15) is 5.10 Å². The van der Waals surface area contributed by atoms with E-state index < -0.39 is 0 Å². The van der Waals surface area contributed by atoms with Crippen molar-refractivity contribution in [3.63, 3.8) is 0 Å². The molecule has 22 heavy (non-hydrogen) atoms. The van der Waals surface area contributed by atoms with E-state index in [1.165, 1.54) is 5.56 Å². The number of hydrogen-bond acceptors (Lipinski definition) is 5. The third kappa shape index (κ3) is 2.69. The van der Waals surface area contributed by atoms with Crippen molar-refractivity contribution < 1.29 is 9.15 Å². The van der Waals surface area contributed by atoms with Gasteiger partial charge in [-0.1, -0.05) is 0 Å². The molecular formula is C16H18N4O2. The van der Waals surface area contributed by atoms with E-state index >= 15 is 0 Å². The monoisotopic (exact) mass is 298 g/mol. The van der Waals surface area contributed by atoms with Gasteiger partial charge in [0.2, 0.25) is 0 Å². The van der Waals surface area contributed by atoms with Crippen LogP contribution in [0, 0.1) is 6.92 Å². The number of aryl methyl sites for hydroxylation is 2. The Morgan fingerprint density at radius 3 is 3.14 bits per heavy atom. The van der Waals surface area contributed by atoms with Gasteiger partial charge in [0.15, 0.2) is 11.5 Å². The lowest BCUT2D eigenvalue weighted by Gasteiger charge is -2.06. The van der Waals surface area contributed by atoms with Crippen LogP contribution in [0.5, 0.6) is 5.75 Å². The van der Waals surface area contributed by atoms with E-state index in [-0.39, 0.29) is 0 Å². The molecule has 1 aliphatic heterocycles. The molecule has 0 spiro atoms. The molecule has 114 valence electrons. The number of benzene rings is 1. The number of rotatable bonds is 5. The van der Waals surface area contributed by atoms with Gasteiger partial charge < -0.3 is 9.15 Å². The summed E-state index contributed by atoms with van der Waals surface area (Å²) in [4.78, 5) is 6.69. The Balaban J connectivity index is 1.33. The minimum atomic E-state index is 0.481. The van der Waals surface area contributed by atoms with E-state index in [9.17, 15) is 0 Å². The number of hydrogen-bond donors (Lipinski definition) is 0. The van der Waals surface area contributed by atoms with Gasteiger partial charge >= 0.3 is 0 Å². The number of ether oxygens (including phenoxy) is 1. The Morgan fingerprint density at radius 2 is 2.32 bits per heavy atom. The SMILES string of the molecule is Cc1nc2cc(OCC3CN3Cc3cnn(C)c3)ccc2o1. The van der Waals surface area contributed by atoms with Crippen molar-refractivity contribution in [1.82, 2.24) is 19.7 Å². The molecule has 6 nitrogen and oxygen atoms in total. The molecule has 1 saturated heterocycles. The summed E-state index contributed by atoms with van der Waals surface area (Å²) in [5.41, 5.74) is 2.89. The molecule has 3 heterocycles. The predicted octanol–water partition coefficient (Wildman–Crippen LogP) is 2.13. The highest BCUT2D eigenvalue weighted by atomic mass is 16.5. The van der Waals surface area contributed by atoms with Gasteiger partial charge in [0.05, 0.1) is 12.2 Å². The Bertz CT molecular complexity index is 807. The van der Waals surface area contributed by atoms with Gasteiger partial charge in [0.25, 0.3) is 0 Å². The first-order valence-corrected chi connectivity index (χ1v) is 7.39. The lowest BCUT2D eigenvalue weighted by molar-refractivity contribution is 0.293. The summed E-state index contributed by atoms with van der Waals surface area (Å²) in [6.45, 7) is 4.55. The average Bonchev–Trinajstić information content (AvgIpc) is 2.90. The summed E-state index contributed by atoms with van der Waals surface area (Å²) >= 11 is 0. The Morgan fingerprint density at radius 1 is 1.41 bits per heavy atom. The second-order valence-corrected chi connectivity index (χ2v) is 5.78. The van der Waals surface area contributed by atoms with Crippen LogP contribution in [0.25, 0.3) is 11.1 Å². The van der Waals surface area contributed by atoms with Crippen LogP contribution in [0.4, 0.5) is 0 Å². The molecule has 1 aromatic carbocycles. The van der Waals surface area contributed by atoms with E-state index in [0.29, 0.717) is 18.5 Å². The van der Waals surface area contributed by atoms with Crippen LogP contribution in [0.1, 0.15) is 11.5 Å². The van der Waals surface area contributed by atoms with Crippen LogP contribution >= 0.6 is 0 Å². The summed E-state index contributed by atoms with van der Waals surface area (Å²) in [6.07, 6.45) is 3.97. The highest BCUT2D eigenvalue weighted by Crippen LogP contribution is 2.24. The summed E-state index contributed by atoms with van der Waals surface area (Å²) < 4.78 is 13.2. The smallest absolute Gasteiger partial charge is 0.192 e. The highest BCUT2D eigenvalue weighted by molar-refractivity contribution is 5.74. The summed E-state index contributed by atoms with van der Waals surface area (Å²) in [6, 6.07) is 6.25. The molecule has 3 aromatic rings. The van der Waals surface area contributed by atoms with Gasteiger partial charge in [-0.25, -0.2) is 4.98 Å². The quantitative estimate of drug-likeness (QED) is 0.675. The van der Waals surface area contributed by atoms with Crippen molar-refractivity contribution in [2.45, 2.75) is 19.5 Å².